The number of halogens is 1. The van der Waals surface area contributed by atoms with Gasteiger partial charge in [0.1, 0.15) is 6.04 Å². The lowest BCUT2D eigenvalue weighted by Crippen LogP contribution is -2.51. The summed E-state index contributed by atoms with van der Waals surface area (Å²) in [6, 6.07) is 26.1. The fraction of sp³-hybridized carbons (Fsp3) is 0.286. The number of ether oxygens (including phenoxy) is 1. The van der Waals surface area contributed by atoms with Gasteiger partial charge in [0.05, 0.1) is 6.42 Å². The summed E-state index contributed by atoms with van der Waals surface area (Å²) in [7, 11) is 1.64. The number of nitrogens with one attached hydrogen (secondary N) is 1. The minimum atomic E-state index is -0.656. The molecule has 3 aromatic rings. The highest BCUT2D eigenvalue weighted by Crippen LogP contribution is 2.18. The van der Waals surface area contributed by atoms with Gasteiger partial charge in [-0.1, -0.05) is 84.4 Å². The van der Waals surface area contributed by atoms with Gasteiger partial charge in [-0.15, -0.1) is 0 Å². The molecule has 0 aliphatic rings. The molecule has 0 saturated heterocycles. The van der Waals surface area contributed by atoms with Crippen molar-refractivity contribution in [2.75, 3.05) is 20.3 Å². The lowest BCUT2D eigenvalue weighted by Gasteiger charge is -2.31. The Labute approximate surface area is 206 Å². The maximum absolute atomic E-state index is 13.6. The minimum Gasteiger partial charge on any atom is -0.385 e. The Bertz CT molecular complexity index is 1030. The van der Waals surface area contributed by atoms with Crippen molar-refractivity contribution in [2.45, 2.75) is 31.8 Å². The molecule has 34 heavy (non-hydrogen) atoms. The molecule has 0 heterocycles. The predicted octanol–water partition coefficient (Wildman–Crippen LogP) is 4.68. The molecule has 0 aliphatic heterocycles. The van der Waals surface area contributed by atoms with E-state index < -0.39 is 6.04 Å². The van der Waals surface area contributed by atoms with Gasteiger partial charge in [0.15, 0.2) is 0 Å². The van der Waals surface area contributed by atoms with E-state index in [2.05, 4.69) is 5.32 Å². The molecule has 5 nitrogen and oxygen atoms in total. The number of rotatable bonds is 12. The van der Waals surface area contributed by atoms with Crippen molar-refractivity contribution in [1.29, 1.82) is 0 Å². The zero-order valence-electron chi connectivity index (χ0n) is 19.5. The third kappa shape index (κ3) is 8.01. The SMILES string of the molecule is COCCCNC(=O)[C@H](Cc1ccccc1)N(Cc1ccc(Cl)cc1)C(=O)Cc1ccccc1. The maximum Gasteiger partial charge on any atom is 0.243 e. The third-order valence-electron chi connectivity index (χ3n) is 5.56. The van der Waals surface area contributed by atoms with Crippen molar-refractivity contribution < 1.29 is 14.3 Å². The average Bonchev–Trinajstić information content (AvgIpc) is 2.86. The lowest BCUT2D eigenvalue weighted by atomic mass is 10.0. The Kier molecular flexibility index (Phi) is 10.1. The second-order valence-corrected chi connectivity index (χ2v) is 8.59. The molecular formula is C28H31ClN2O3. The van der Waals surface area contributed by atoms with Crippen molar-refractivity contribution in [3.8, 4) is 0 Å². The molecule has 0 saturated carbocycles. The van der Waals surface area contributed by atoms with Gasteiger partial charge >= 0.3 is 0 Å². The highest BCUT2D eigenvalue weighted by atomic mass is 35.5. The van der Waals surface area contributed by atoms with Crippen molar-refractivity contribution >= 4 is 23.4 Å². The van der Waals surface area contributed by atoms with E-state index in [1.54, 1.807) is 24.1 Å². The van der Waals surface area contributed by atoms with Crippen LogP contribution < -0.4 is 5.32 Å². The predicted molar refractivity (Wildman–Crippen MR) is 136 cm³/mol. The van der Waals surface area contributed by atoms with Crippen LogP contribution in [0.3, 0.4) is 0 Å². The fourth-order valence-electron chi connectivity index (χ4n) is 3.76. The number of methoxy groups -OCH3 is 1. The first-order chi connectivity index (χ1) is 16.6. The second-order valence-electron chi connectivity index (χ2n) is 8.15. The van der Waals surface area contributed by atoms with E-state index in [0.29, 0.717) is 37.6 Å². The standard InChI is InChI=1S/C28H31ClN2O3/c1-34-18-8-17-30-28(33)26(19-22-9-4-2-5-10-22)31(21-24-13-15-25(29)16-14-24)27(32)20-23-11-6-3-7-12-23/h2-7,9-16,26H,8,17-21H2,1H3,(H,30,33)/t26-/m0/s1. The summed E-state index contributed by atoms with van der Waals surface area (Å²) in [5.74, 6) is -0.274. The van der Waals surface area contributed by atoms with Crippen LogP contribution in [-0.2, 0) is 33.7 Å². The van der Waals surface area contributed by atoms with Crippen molar-refractivity contribution in [3.63, 3.8) is 0 Å². The first-order valence-corrected chi connectivity index (χ1v) is 11.8. The lowest BCUT2D eigenvalue weighted by molar-refractivity contribution is -0.140. The molecule has 0 spiro atoms. The molecular weight excluding hydrogens is 448 g/mol. The van der Waals surface area contributed by atoms with Crippen LogP contribution in [0.15, 0.2) is 84.9 Å². The number of amides is 2. The van der Waals surface area contributed by atoms with Crippen molar-refractivity contribution in [3.05, 3.63) is 107 Å². The van der Waals surface area contributed by atoms with Crippen LogP contribution in [0.2, 0.25) is 5.02 Å². The molecule has 0 aliphatic carbocycles. The molecule has 0 bridgehead atoms. The Morgan fingerprint density at radius 1 is 0.882 bits per heavy atom. The van der Waals surface area contributed by atoms with Gasteiger partial charge in [-0.25, -0.2) is 0 Å². The van der Waals surface area contributed by atoms with E-state index in [1.165, 1.54) is 0 Å². The molecule has 0 fully saturated rings. The van der Waals surface area contributed by atoms with Crippen LogP contribution in [-0.4, -0.2) is 43.0 Å². The average molecular weight is 479 g/mol. The zero-order valence-corrected chi connectivity index (χ0v) is 20.2. The number of hydrogen-bond acceptors (Lipinski definition) is 3. The zero-order chi connectivity index (χ0) is 24.2. The van der Waals surface area contributed by atoms with Crippen LogP contribution in [0.4, 0.5) is 0 Å². The van der Waals surface area contributed by atoms with Gasteiger partial charge in [0, 0.05) is 38.2 Å². The number of carbonyl (C=O) groups excluding carboxylic acids is 2. The largest absolute Gasteiger partial charge is 0.385 e. The molecule has 6 heteroatoms. The molecule has 3 aromatic carbocycles. The Morgan fingerprint density at radius 2 is 1.50 bits per heavy atom. The molecule has 3 rings (SSSR count). The minimum absolute atomic E-state index is 0.103. The summed E-state index contributed by atoms with van der Waals surface area (Å²) in [5, 5.41) is 3.63. The third-order valence-corrected chi connectivity index (χ3v) is 5.81. The van der Waals surface area contributed by atoms with Crippen molar-refractivity contribution in [2.24, 2.45) is 0 Å². The normalized spacial score (nSPS) is 11.6. The molecule has 1 N–H and O–H groups in total. The second kappa shape index (κ2) is 13.5. The summed E-state index contributed by atoms with van der Waals surface area (Å²) in [6.45, 7) is 1.36. The Balaban J connectivity index is 1.89. The summed E-state index contributed by atoms with van der Waals surface area (Å²) in [6.07, 6.45) is 1.34. The first kappa shape index (κ1) is 25.5. The Morgan fingerprint density at radius 3 is 2.12 bits per heavy atom. The van der Waals surface area contributed by atoms with E-state index >= 15 is 0 Å². The van der Waals surface area contributed by atoms with Crippen LogP contribution in [0.25, 0.3) is 0 Å². The number of hydrogen-bond donors (Lipinski definition) is 1. The van der Waals surface area contributed by atoms with Gasteiger partial charge in [0.25, 0.3) is 0 Å². The number of carbonyl (C=O) groups is 2. The topological polar surface area (TPSA) is 58.6 Å². The first-order valence-electron chi connectivity index (χ1n) is 11.4. The fourth-order valence-corrected chi connectivity index (χ4v) is 3.88. The molecule has 0 unspecified atom stereocenters. The van der Waals surface area contributed by atoms with Gasteiger partial charge < -0.3 is 15.0 Å². The van der Waals surface area contributed by atoms with E-state index in [0.717, 1.165) is 16.7 Å². The van der Waals surface area contributed by atoms with Crippen LogP contribution in [0.5, 0.6) is 0 Å². The van der Waals surface area contributed by atoms with Gasteiger partial charge in [0.2, 0.25) is 11.8 Å². The number of benzene rings is 3. The van der Waals surface area contributed by atoms with Crippen molar-refractivity contribution in [1.82, 2.24) is 10.2 Å². The molecule has 2 amide bonds. The van der Waals surface area contributed by atoms with Crippen LogP contribution in [0, 0.1) is 0 Å². The maximum atomic E-state index is 13.6. The highest BCUT2D eigenvalue weighted by molar-refractivity contribution is 6.30. The van der Waals surface area contributed by atoms with E-state index in [4.69, 9.17) is 16.3 Å². The molecule has 1 atom stereocenters. The quantitative estimate of drug-likeness (QED) is 0.385. The molecule has 0 radical (unpaired) electrons. The van der Waals surface area contributed by atoms with Gasteiger partial charge in [-0.2, -0.15) is 0 Å². The molecule has 0 aromatic heterocycles. The summed E-state index contributed by atoms with van der Waals surface area (Å²) in [5.41, 5.74) is 2.82. The summed E-state index contributed by atoms with van der Waals surface area (Å²) in [4.78, 5) is 28.7. The summed E-state index contributed by atoms with van der Waals surface area (Å²) < 4.78 is 5.09. The van der Waals surface area contributed by atoms with E-state index in [9.17, 15) is 9.59 Å². The molecule has 178 valence electrons. The monoisotopic (exact) mass is 478 g/mol. The van der Waals surface area contributed by atoms with Gasteiger partial charge in [-0.05, 0) is 35.2 Å². The van der Waals surface area contributed by atoms with Crippen LogP contribution >= 0.6 is 11.6 Å². The van der Waals surface area contributed by atoms with E-state index in [1.807, 2.05) is 72.8 Å². The highest BCUT2D eigenvalue weighted by Gasteiger charge is 2.30. The Hall–Kier alpha value is -3.15. The van der Waals surface area contributed by atoms with Crippen LogP contribution in [0.1, 0.15) is 23.1 Å². The van der Waals surface area contributed by atoms with E-state index in [-0.39, 0.29) is 18.2 Å². The summed E-state index contributed by atoms with van der Waals surface area (Å²) >= 11 is 6.07. The smallest absolute Gasteiger partial charge is 0.243 e. The number of nitrogens with zero attached hydrogens (tertiary/aromatic N) is 1. The van der Waals surface area contributed by atoms with Gasteiger partial charge in [-0.3, -0.25) is 9.59 Å².